The monoisotopic (exact) mass is 367 g/mol. The zero-order valence-electron chi connectivity index (χ0n) is 13.1. The fourth-order valence-corrected chi connectivity index (χ4v) is 2.86. The van der Waals surface area contributed by atoms with Crippen molar-refractivity contribution in [3.8, 4) is 0 Å². The van der Waals surface area contributed by atoms with Gasteiger partial charge in [-0.05, 0) is 25.1 Å². The third-order valence-electron chi connectivity index (χ3n) is 3.65. The van der Waals surface area contributed by atoms with Crippen molar-refractivity contribution in [1.82, 2.24) is 15.4 Å². The Labute approximate surface area is 150 Å². The second kappa shape index (κ2) is 7.44. The summed E-state index contributed by atoms with van der Waals surface area (Å²) in [5.74, 6) is 0.520. The van der Waals surface area contributed by atoms with Crippen molar-refractivity contribution in [1.29, 1.82) is 0 Å². The van der Waals surface area contributed by atoms with Gasteiger partial charge in [-0.15, -0.1) is 0 Å². The van der Waals surface area contributed by atoms with Crippen LogP contribution in [0.2, 0.25) is 10.0 Å². The van der Waals surface area contributed by atoms with Crippen LogP contribution in [-0.4, -0.2) is 42.3 Å². The molecule has 0 bridgehead atoms. The zero-order chi connectivity index (χ0) is 17.1. The predicted octanol–water partition coefficient (Wildman–Crippen LogP) is 3.31. The van der Waals surface area contributed by atoms with Crippen LogP contribution in [0, 0.1) is 0 Å². The van der Waals surface area contributed by atoms with E-state index in [1.807, 2.05) is 19.1 Å². The highest BCUT2D eigenvalue weighted by Crippen LogP contribution is 2.33. The molecule has 8 heteroatoms. The number of benzene rings is 1. The smallest absolute Gasteiger partial charge is 0.223 e. The van der Waals surface area contributed by atoms with Crippen molar-refractivity contribution in [2.24, 2.45) is 4.99 Å². The summed E-state index contributed by atoms with van der Waals surface area (Å²) in [6.07, 6.45) is 3.70. The van der Waals surface area contributed by atoms with E-state index in [0.717, 1.165) is 10.6 Å². The second-order valence-electron chi connectivity index (χ2n) is 5.45. The largest absolute Gasteiger partial charge is 0.352 e. The highest BCUT2D eigenvalue weighted by molar-refractivity contribution is 6.38. The average Bonchev–Trinajstić information content (AvgIpc) is 2.99. The zero-order valence-corrected chi connectivity index (χ0v) is 14.6. The first kappa shape index (κ1) is 17.1. The van der Waals surface area contributed by atoms with Crippen molar-refractivity contribution >= 4 is 34.8 Å². The van der Waals surface area contributed by atoms with E-state index in [9.17, 15) is 5.21 Å². The van der Waals surface area contributed by atoms with Crippen molar-refractivity contribution in [3.05, 3.63) is 51.7 Å². The number of allylic oxidation sites excluding steroid dienone is 2. The maximum Gasteiger partial charge on any atom is 0.223 e. The Morgan fingerprint density at radius 3 is 2.83 bits per heavy atom. The summed E-state index contributed by atoms with van der Waals surface area (Å²) in [6, 6.07) is 5.22. The Kier molecular flexibility index (Phi) is 5.30. The van der Waals surface area contributed by atoms with E-state index in [-0.39, 0.29) is 6.61 Å². The Balaban J connectivity index is 1.72. The molecular weight excluding hydrogens is 351 g/mol. The van der Waals surface area contributed by atoms with Crippen LogP contribution in [0.4, 0.5) is 5.69 Å². The van der Waals surface area contributed by atoms with Crippen molar-refractivity contribution < 1.29 is 10.0 Å². The molecule has 1 fully saturated rings. The molecule has 1 saturated heterocycles. The van der Waals surface area contributed by atoms with Crippen LogP contribution < -0.4 is 5.32 Å². The Hall–Kier alpha value is -1.73. The maximum atomic E-state index is 11.8. The third-order valence-corrected chi connectivity index (χ3v) is 4.26. The molecule has 2 heterocycles. The van der Waals surface area contributed by atoms with Crippen LogP contribution in [0.1, 0.15) is 6.92 Å². The highest BCUT2D eigenvalue weighted by Gasteiger charge is 2.22. The second-order valence-corrected chi connectivity index (χ2v) is 6.27. The normalized spacial score (nSPS) is 19.4. The summed E-state index contributed by atoms with van der Waals surface area (Å²) in [4.78, 5) is 10.2. The molecule has 0 spiro atoms. The topological polar surface area (TPSA) is 60.0 Å². The minimum Gasteiger partial charge on any atom is -0.352 e. The fourth-order valence-electron chi connectivity index (χ4n) is 2.38. The number of halogens is 2. The van der Waals surface area contributed by atoms with Gasteiger partial charge in [-0.2, -0.15) is 0 Å². The molecule has 0 aliphatic carbocycles. The number of hydroxylamine groups is 4. The SMILES string of the molecule is CC1=CCN([O])C(CON2CCNC2=Nc2c(Cl)cccc2Cl)=C1. The van der Waals surface area contributed by atoms with Gasteiger partial charge < -0.3 is 5.32 Å². The number of hydrogen-bond acceptors (Lipinski definition) is 3. The summed E-state index contributed by atoms with van der Waals surface area (Å²) in [5.41, 5.74) is 2.12. The Morgan fingerprint density at radius 1 is 1.33 bits per heavy atom. The summed E-state index contributed by atoms with van der Waals surface area (Å²) >= 11 is 12.3. The molecule has 0 amide bonds. The third kappa shape index (κ3) is 3.84. The van der Waals surface area contributed by atoms with Gasteiger partial charge in [-0.25, -0.2) is 15.1 Å². The van der Waals surface area contributed by atoms with Gasteiger partial charge in [-0.1, -0.05) is 46.1 Å². The van der Waals surface area contributed by atoms with Crippen molar-refractivity contribution in [2.45, 2.75) is 6.92 Å². The molecular formula is C16H17Cl2N4O2. The molecule has 0 atom stereocenters. The van der Waals surface area contributed by atoms with Gasteiger partial charge in [0.2, 0.25) is 5.96 Å². The fraction of sp³-hybridized carbons (Fsp3) is 0.312. The van der Waals surface area contributed by atoms with E-state index in [4.69, 9.17) is 28.0 Å². The molecule has 1 N–H and O–H groups in total. The first-order valence-corrected chi connectivity index (χ1v) is 8.29. The van der Waals surface area contributed by atoms with Crippen molar-refractivity contribution in [3.63, 3.8) is 0 Å². The maximum absolute atomic E-state index is 11.8. The van der Waals surface area contributed by atoms with Gasteiger partial charge in [0.25, 0.3) is 0 Å². The van der Waals surface area contributed by atoms with Gasteiger partial charge in [0.1, 0.15) is 12.3 Å². The van der Waals surface area contributed by atoms with E-state index < -0.39 is 0 Å². The molecule has 24 heavy (non-hydrogen) atoms. The van der Waals surface area contributed by atoms with E-state index in [1.54, 1.807) is 23.3 Å². The van der Waals surface area contributed by atoms with Crippen LogP contribution >= 0.6 is 23.2 Å². The van der Waals surface area contributed by atoms with Crippen molar-refractivity contribution in [2.75, 3.05) is 26.2 Å². The molecule has 1 radical (unpaired) electrons. The number of para-hydroxylation sites is 1. The highest BCUT2D eigenvalue weighted by atomic mass is 35.5. The number of hydrogen-bond donors (Lipinski definition) is 1. The van der Waals surface area contributed by atoms with E-state index >= 15 is 0 Å². The number of nitrogens with zero attached hydrogens (tertiary/aromatic N) is 3. The molecule has 2 aliphatic heterocycles. The molecule has 0 saturated carbocycles. The molecule has 6 nitrogen and oxygen atoms in total. The summed E-state index contributed by atoms with van der Waals surface area (Å²) in [6.45, 7) is 3.76. The standard InChI is InChI=1S/C16H17Cl2N4O2/c1-11-5-7-21(23)12(9-11)10-24-22-8-6-19-16(22)20-15-13(17)3-2-4-14(15)18/h2-5,9H,6-8,10H2,1H3,(H,19,20). The van der Waals surface area contributed by atoms with Crippen LogP contribution in [-0.2, 0) is 10.0 Å². The summed E-state index contributed by atoms with van der Waals surface area (Å²) in [5, 5.41) is 18.4. The van der Waals surface area contributed by atoms with Crippen LogP contribution in [0.25, 0.3) is 0 Å². The molecule has 0 unspecified atom stereocenters. The lowest BCUT2D eigenvalue weighted by atomic mass is 10.2. The predicted molar refractivity (Wildman–Crippen MR) is 93.5 cm³/mol. The van der Waals surface area contributed by atoms with Gasteiger partial charge in [0, 0.05) is 6.54 Å². The van der Waals surface area contributed by atoms with Gasteiger partial charge in [0.15, 0.2) is 0 Å². The number of guanidine groups is 1. The number of nitrogens with one attached hydrogen (secondary N) is 1. The first-order chi connectivity index (χ1) is 11.5. The lowest BCUT2D eigenvalue weighted by Gasteiger charge is -2.23. The quantitative estimate of drug-likeness (QED) is 0.886. The molecule has 3 rings (SSSR count). The molecule has 0 aromatic heterocycles. The average molecular weight is 368 g/mol. The lowest BCUT2D eigenvalue weighted by Crippen LogP contribution is -2.33. The minimum absolute atomic E-state index is 0.172. The molecule has 1 aromatic rings. The van der Waals surface area contributed by atoms with Crippen LogP contribution in [0.15, 0.2) is 46.6 Å². The van der Waals surface area contributed by atoms with Gasteiger partial charge in [0.05, 0.1) is 28.8 Å². The van der Waals surface area contributed by atoms with E-state index in [2.05, 4.69) is 10.3 Å². The molecule has 2 aliphatic rings. The summed E-state index contributed by atoms with van der Waals surface area (Å²) in [7, 11) is 0. The number of aliphatic imine (C=N–C) groups is 1. The lowest BCUT2D eigenvalue weighted by molar-refractivity contribution is -0.148. The molecule has 127 valence electrons. The molecule has 1 aromatic carbocycles. The summed E-state index contributed by atoms with van der Waals surface area (Å²) < 4.78 is 0. The van der Waals surface area contributed by atoms with Gasteiger partial charge in [-0.3, -0.25) is 4.84 Å². The van der Waals surface area contributed by atoms with Crippen LogP contribution in [0.5, 0.6) is 0 Å². The first-order valence-electron chi connectivity index (χ1n) is 7.53. The minimum atomic E-state index is 0.172. The van der Waals surface area contributed by atoms with E-state index in [1.165, 1.54) is 0 Å². The van der Waals surface area contributed by atoms with E-state index in [0.29, 0.717) is 47.0 Å². The Bertz CT molecular complexity index is 698. The van der Waals surface area contributed by atoms with Gasteiger partial charge >= 0.3 is 0 Å². The van der Waals surface area contributed by atoms with Crippen LogP contribution in [0.3, 0.4) is 0 Å². The number of rotatable bonds is 4. The Morgan fingerprint density at radius 2 is 2.08 bits per heavy atom.